The molecule has 0 saturated heterocycles. The summed E-state index contributed by atoms with van der Waals surface area (Å²) in [4.78, 5) is 4.26. The number of ether oxygens (including phenoxy) is 3. The summed E-state index contributed by atoms with van der Waals surface area (Å²) in [5, 5.41) is 6.59. The van der Waals surface area contributed by atoms with E-state index < -0.39 is 0 Å². The predicted molar refractivity (Wildman–Crippen MR) is 110 cm³/mol. The van der Waals surface area contributed by atoms with E-state index in [9.17, 15) is 0 Å². The smallest absolute Gasteiger partial charge is 0.191 e. The number of nitrogens with one attached hydrogen (secondary N) is 2. The molecular formula is C22H25N3O3. The SMILES string of the molecule is C#CCOc1ccc(CCNC(=NC)NCC2COc3ccccc3O2)cc1. The van der Waals surface area contributed by atoms with Crippen LogP contribution in [0.25, 0.3) is 0 Å². The van der Waals surface area contributed by atoms with Crippen molar-refractivity contribution < 1.29 is 14.2 Å². The molecule has 0 fully saturated rings. The molecule has 0 bridgehead atoms. The highest BCUT2D eigenvalue weighted by Gasteiger charge is 2.20. The summed E-state index contributed by atoms with van der Waals surface area (Å²) >= 11 is 0. The fraction of sp³-hybridized carbons (Fsp3) is 0.318. The Morgan fingerprint density at radius 2 is 1.96 bits per heavy atom. The number of fused-ring (bicyclic) bond motifs is 1. The number of terminal acetylenes is 1. The van der Waals surface area contributed by atoms with Crippen LogP contribution in [0, 0.1) is 12.3 Å². The van der Waals surface area contributed by atoms with Crippen molar-refractivity contribution in [2.24, 2.45) is 4.99 Å². The summed E-state index contributed by atoms with van der Waals surface area (Å²) in [5.74, 6) is 5.53. The zero-order valence-corrected chi connectivity index (χ0v) is 16.0. The van der Waals surface area contributed by atoms with E-state index in [1.165, 1.54) is 5.56 Å². The third-order valence-electron chi connectivity index (χ3n) is 4.24. The second kappa shape index (κ2) is 10.1. The molecule has 0 radical (unpaired) electrons. The van der Waals surface area contributed by atoms with Gasteiger partial charge in [-0.15, -0.1) is 6.42 Å². The highest BCUT2D eigenvalue weighted by Crippen LogP contribution is 2.30. The van der Waals surface area contributed by atoms with Crippen molar-refractivity contribution in [1.29, 1.82) is 0 Å². The van der Waals surface area contributed by atoms with Gasteiger partial charge in [0.15, 0.2) is 17.5 Å². The summed E-state index contributed by atoms with van der Waals surface area (Å²) in [6.07, 6.45) is 5.99. The number of aliphatic imine (C=N–C) groups is 1. The van der Waals surface area contributed by atoms with Gasteiger partial charge in [-0.1, -0.05) is 30.2 Å². The first-order chi connectivity index (χ1) is 13.8. The number of benzene rings is 2. The van der Waals surface area contributed by atoms with E-state index in [1.54, 1.807) is 7.05 Å². The van der Waals surface area contributed by atoms with E-state index in [0.29, 0.717) is 13.2 Å². The van der Waals surface area contributed by atoms with Crippen LogP contribution in [0.5, 0.6) is 17.2 Å². The first-order valence-corrected chi connectivity index (χ1v) is 9.26. The Morgan fingerprint density at radius 1 is 1.18 bits per heavy atom. The maximum atomic E-state index is 5.95. The van der Waals surface area contributed by atoms with Gasteiger partial charge in [0.1, 0.15) is 25.1 Å². The van der Waals surface area contributed by atoms with E-state index in [1.807, 2.05) is 48.5 Å². The maximum Gasteiger partial charge on any atom is 0.191 e. The van der Waals surface area contributed by atoms with Crippen LogP contribution < -0.4 is 24.8 Å². The molecule has 0 aromatic heterocycles. The molecule has 2 aromatic carbocycles. The number of guanidine groups is 1. The fourth-order valence-electron chi connectivity index (χ4n) is 2.80. The number of rotatable bonds is 7. The molecule has 6 heteroatoms. The molecule has 0 amide bonds. The van der Waals surface area contributed by atoms with Crippen molar-refractivity contribution >= 4 is 5.96 Å². The Labute approximate surface area is 165 Å². The van der Waals surface area contributed by atoms with Gasteiger partial charge < -0.3 is 24.8 Å². The molecule has 0 spiro atoms. The molecule has 3 rings (SSSR count). The van der Waals surface area contributed by atoms with Gasteiger partial charge in [0.25, 0.3) is 0 Å². The molecule has 1 aliphatic heterocycles. The standard InChI is InChI=1S/C22H25N3O3/c1-3-14-26-18-10-8-17(9-11-18)12-13-24-22(23-2)25-15-19-16-27-20-6-4-5-7-21(20)28-19/h1,4-11,19H,12-16H2,2H3,(H2,23,24,25). The average molecular weight is 379 g/mol. The topological polar surface area (TPSA) is 64.1 Å². The van der Waals surface area contributed by atoms with Crippen LogP contribution >= 0.6 is 0 Å². The zero-order valence-electron chi connectivity index (χ0n) is 16.0. The normalized spacial score (nSPS) is 15.4. The minimum atomic E-state index is -0.0657. The monoisotopic (exact) mass is 379 g/mol. The third-order valence-corrected chi connectivity index (χ3v) is 4.24. The van der Waals surface area contributed by atoms with E-state index >= 15 is 0 Å². The van der Waals surface area contributed by atoms with Crippen LogP contribution in [-0.4, -0.2) is 45.4 Å². The van der Waals surface area contributed by atoms with Crippen LogP contribution in [0.4, 0.5) is 0 Å². The minimum Gasteiger partial charge on any atom is -0.486 e. The Balaban J connectivity index is 1.39. The maximum absolute atomic E-state index is 5.95. The van der Waals surface area contributed by atoms with E-state index in [0.717, 1.165) is 36.2 Å². The highest BCUT2D eigenvalue weighted by molar-refractivity contribution is 5.79. The van der Waals surface area contributed by atoms with Crippen molar-refractivity contribution in [2.45, 2.75) is 12.5 Å². The van der Waals surface area contributed by atoms with Crippen molar-refractivity contribution in [3.8, 4) is 29.6 Å². The second-order valence-electron chi connectivity index (χ2n) is 6.26. The Morgan fingerprint density at radius 3 is 2.71 bits per heavy atom. The Kier molecular flexibility index (Phi) is 7.02. The van der Waals surface area contributed by atoms with Gasteiger partial charge in [-0.05, 0) is 36.2 Å². The molecule has 1 aliphatic rings. The third kappa shape index (κ3) is 5.58. The summed E-state index contributed by atoms with van der Waals surface area (Å²) in [6, 6.07) is 15.6. The van der Waals surface area contributed by atoms with Gasteiger partial charge in [0.2, 0.25) is 0 Å². The number of hydrogen-bond donors (Lipinski definition) is 2. The molecule has 2 N–H and O–H groups in total. The quantitative estimate of drug-likeness (QED) is 0.439. The Hall–Kier alpha value is -3.33. The summed E-state index contributed by atoms with van der Waals surface area (Å²) in [7, 11) is 1.75. The molecule has 1 heterocycles. The van der Waals surface area contributed by atoms with Crippen molar-refractivity contribution in [2.75, 3.05) is 33.4 Å². The van der Waals surface area contributed by atoms with E-state index in [4.69, 9.17) is 20.6 Å². The summed E-state index contributed by atoms with van der Waals surface area (Å²) < 4.78 is 17.1. The number of para-hydroxylation sites is 2. The van der Waals surface area contributed by atoms with Gasteiger partial charge in [-0.3, -0.25) is 4.99 Å². The minimum absolute atomic E-state index is 0.0657. The predicted octanol–water partition coefficient (Wildman–Crippen LogP) is 2.25. The molecule has 6 nitrogen and oxygen atoms in total. The van der Waals surface area contributed by atoms with Gasteiger partial charge in [-0.2, -0.15) is 0 Å². The molecule has 146 valence electrons. The molecular weight excluding hydrogens is 354 g/mol. The lowest BCUT2D eigenvalue weighted by Crippen LogP contribution is -2.45. The molecule has 0 aliphatic carbocycles. The van der Waals surface area contributed by atoms with Crippen molar-refractivity contribution in [1.82, 2.24) is 10.6 Å². The molecule has 2 aromatic rings. The van der Waals surface area contributed by atoms with E-state index in [-0.39, 0.29) is 12.7 Å². The fourth-order valence-corrected chi connectivity index (χ4v) is 2.80. The average Bonchev–Trinajstić information content (AvgIpc) is 2.75. The van der Waals surface area contributed by atoms with E-state index in [2.05, 4.69) is 21.5 Å². The lowest BCUT2D eigenvalue weighted by molar-refractivity contribution is 0.0936. The number of nitrogens with zero attached hydrogens (tertiary/aromatic N) is 1. The van der Waals surface area contributed by atoms with Crippen molar-refractivity contribution in [3.05, 3.63) is 54.1 Å². The highest BCUT2D eigenvalue weighted by atomic mass is 16.6. The molecule has 28 heavy (non-hydrogen) atoms. The largest absolute Gasteiger partial charge is 0.486 e. The van der Waals surface area contributed by atoms with Crippen molar-refractivity contribution in [3.63, 3.8) is 0 Å². The lowest BCUT2D eigenvalue weighted by atomic mass is 10.1. The molecule has 1 atom stereocenters. The van der Waals surface area contributed by atoms with Crippen LogP contribution in [0.3, 0.4) is 0 Å². The Bertz CT molecular complexity index is 828. The van der Waals surface area contributed by atoms with Gasteiger partial charge >= 0.3 is 0 Å². The summed E-state index contributed by atoms with van der Waals surface area (Å²) in [6.45, 7) is 2.16. The summed E-state index contributed by atoms with van der Waals surface area (Å²) in [5.41, 5.74) is 1.21. The van der Waals surface area contributed by atoms with Gasteiger partial charge in [0, 0.05) is 13.6 Å². The first-order valence-electron chi connectivity index (χ1n) is 9.26. The zero-order chi connectivity index (χ0) is 19.6. The first kappa shape index (κ1) is 19.4. The second-order valence-corrected chi connectivity index (χ2v) is 6.26. The molecule has 1 unspecified atom stereocenters. The van der Waals surface area contributed by atoms with Crippen LogP contribution in [0.2, 0.25) is 0 Å². The lowest BCUT2D eigenvalue weighted by Gasteiger charge is -2.27. The number of hydrogen-bond acceptors (Lipinski definition) is 4. The van der Waals surface area contributed by atoms with Crippen LogP contribution in [-0.2, 0) is 6.42 Å². The van der Waals surface area contributed by atoms with Crippen LogP contribution in [0.1, 0.15) is 5.56 Å². The van der Waals surface area contributed by atoms with Gasteiger partial charge in [0.05, 0.1) is 6.54 Å². The van der Waals surface area contributed by atoms with Gasteiger partial charge in [-0.25, -0.2) is 0 Å². The van der Waals surface area contributed by atoms with Crippen LogP contribution in [0.15, 0.2) is 53.5 Å². The molecule has 0 saturated carbocycles.